The number of urea groups is 1. The van der Waals surface area contributed by atoms with Crippen molar-refractivity contribution in [2.24, 2.45) is 0 Å². The first-order valence-corrected chi connectivity index (χ1v) is 7.15. The van der Waals surface area contributed by atoms with Gasteiger partial charge in [0, 0.05) is 11.8 Å². The fourth-order valence-electron chi connectivity index (χ4n) is 1.94. The molecule has 0 unspecified atom stereocenters. The molecule has 0 aliphatic carbocycles. The number of halogens is 2. The third-order valence-corrected chi connectivity index (χ3v) is 3.17. The van der Waals surface area contributed by atoms with Crippen molar-refractivity contribution in [3.63, 3.8) is 0 Å². The number of carbonyl (C=O) groups excluding carboxylic acids is 1. The van der Waals surface area contributed by atoms with Crippen LogP contribution >= 0.6 is 0 Å². The molecule has 0 atom stereocenters. The van der Waals surface area contributed by atoms with Crippen LogP contribution in [0.15, 0.2) is 36.4 Å². The zero-order valence-electron chi connectivity index (χ0n) is 13.0. The summed E-state index contributed by atoms with van der Waals surface area (Å²) in [6.45, 7) is 4.50. The number of anilines is 1. The topological polar surface area (TPSA) is 50.4 Å². The Balaban J connectivity index is 1.76. The highest BCUT2D eigenvalue weighted by molar-refractivity contribution is 5.89. The molecule has 2 amide bonds. The van der Waals surface area contributed by atoms with Gasteiger partial charge in [-0.25, -0.2) is 13.6 Å². The number of rotatable bonds is 5. The van der Waals surface area contributed by atoms with Crippen molar-refractivity contribution in [1.29, 1.82) is 0 Å². The zero-order valence-corrected chi connectivity index (χ0v) is 13.0. The highest BCUT2D eigenvalue weighted by Crippen LogP contribution is 2.18. The number of benzene rings is 2. The molecule has 6 heteroatoms. The van der Waals surface area contributed by atoms with Crippen molar-refractivity contribution in [2.75, 3.05) is 18.5 Å². The van der Waals surface area contributed by atoms with E-state index >= 15 is 0 Å². The number of hydrogen-bond donors (Lipinski definition) is 2. The number of hydrogen-bond acceptors (Lipinski definition) is 2. The minimum atomic E-state index is -1.01. The van der Waals surface area contributed by atoms with Crippen molar-refractivity contribution >= 4 is 11.7 Å². The highest BCUT2D eigenvalue weighted by Gasteiger charge is 2.06. The molecule has 2 aromatic carbocycles. The lowest BCUT2D eigenvalue weighted by molar-refractivity contribution is 0.247. The number of ether oxygens (including phenoxy) is 1. The lowest BCUT2D eigenvalue weighted by atomic mass is 10.1. The summed E-state index contributed by atoms with van der Waals surface area (Å²) in [5, 5.41) is 5.00. The maximum Gasteiger partial charge on any atom is 0.319 e. The second-order valence-electron chi connectivity index (χ2n) is 5.13. The van der Waals surface area contributed by atoms with Gasteiger partial charge in [-0.1, -0.05) is 12.1 Å². The average molecular weight is 320 g/mol. The molecule has 0 bridgehead atoms. The van der Waals surface area contributed by atoms with E-state index < -0.39 is 17.7 Å². The van der Waals surface area contributed by atoms with Crippen LogP contribution in [0.2, 0.25) is 0 Å². The normalized spacial score (nSPS) is 10.3. The van der Waals surface area contributed by atoms with Gasteiger partial charge in [0.2, 0.25) is 0 Å². The van der Waals surface area contributed by atoms with Crippen molar-refractivity contribution in [2.45, 2.75) is 13.8 Å². The molecule has 0 spiro atoms. The van der Waals surface area contributed by atoms with Crippen LogP contribution in [0.1, 0.15) is 11.1 Å². The minimum Gasteiger partial charge on any atom is -0.491 e. The summed E-state index contributed by atoms with van der Waals surface area (Å²) >= 11 is 0. The van der Waals surface area contributed by atoms with Gasteiger partial charge < -0.3 is 15.4 Å². The Kier molecular flexibility index (Phi) is 5.51. The standard InChI is InChI=1S/C17H18F2N2O2/c1-11-3-4-12(2)16(9-11)23-8-7-20-17(22)21-13-5-6-14(18)15(19)10-13/h3-6,9-10H,7-8H2,1-2H3,(H2,20,21,22). The van der Waals surface area contributed by atoms with Gasteiger partial charge in [-0.05, 0) is 43.2 Å². The fraction of sp³-hybridized carbons (Fsp3) is 0.235. The maximum absolute atomic E-state index is 13.0. The smallest absolute Gasteiger partial charge is 0.319 e. The third kappa shape index (κ3) is 4.95. The van der Waals surface area contributed by atoms with Gasteiger partial charge in [0.25, 0.3) is 0 Å². The SMILES string of the molecule is Cc1ccc(C)c(OCCNC(=O)Nc2ccc(F)c(F)c2)c1. The summed E-state index contributed by atoms with van der Waals surface area (Å²) < 4.78 is 31.4. The van der Waals surface area contributed by atoms with E-state index in [0.29, 0.717) is 6.61 Å². The third-order valence-electron chi connectivity index (χ3n) is 3.17. The van der Waals surface area contributed by atoms with Crippen LogP contribution in [-0.2, 0) is 0 Å². The highest BCUT2D eigenvalue weighted by atomic mass is 19.2. The molecule has 0 saturated carbocycles. The number of carbonyl (C=O) groups is 1. The zero-order chi connectivity index (χ0) is 16.8. The van der Waals surface area contributed by atoms with E-state index in [9.17, 15) is 13.6 Å². The first-order chi connectivity index (χ1) is 11.0. The van der Waals surface area contributed by atoms with Crippen molar-refractivity contribution in [1.82, 2.24) is 5.32 Å². The van der Waals surface area contributed by atoms with E-state index in [2.05, 4.69) is 10.6 Å². The Bertz CT molecular complexity index is 705. The molecular weight excluding hydrogens is 302 g/mol. The molecule has 0 aliphatic rings. The van der Waals surface area contributed by atoms with Crippen LogP contribution in [-0.4, -0.2) is 19.2 Å². The van der Waals surface area contributed by atoms with E-state index in [1.54, 1.807) is 0 Å². The molecule has 0 aromatic heterocycles. The molecule has 0 heterocycles. The molecule has 0 radical (unpaired) electrons. The first kappa shape index (κ1) is 16.7. The molecule has 0 saturated heterocycles. The summed E-state index contributed by atoms with van der Waals surface area (Å²) in [5.74, 6) is -1.20. The molecule has 2 aromatic rings. The summed E-state index contributed by atoms with van der Waals surface area (Å²) in [5.41, 5.74) is 2.29. The molecule has 2 N–H and O–H groups in total. The Morgan fingerprint density at radius 2 is 1.87 bits per heavy atom. The van der Waals surface area contributed by atoms with Gasteiger partial charge in [0.1, 0.15) is 12.4 Å². The van der Waals surface area contributed by atoms with E-state index in [0.717, 1.165) is 29.0 Å². The average Bonchev–Trinajstić information content (AvgIpc) is 2.51. The second kappa shape index (κ2) is 7.58. The predicted molar refractivity (Wildman–Crippen MR) is 84.8 cm³/mol. The van der Waals surface area contributed by atoms with Crippen LogP contribution < -0.4 is 15.4 Å². The van der Waals surface area contributed by atoms with Crippen molar-refractivity contribution in [3.8, 4) is 5.75 Å². The van der Waals surface area contributed by atoms with Crippen LogP contribution in [0.4, 0.5) is 19.3 Å². The van der Waals surface area contributed by atoms with Crippen LogP contribution in [0, 0.1) is 25.5 Å². The van der Waals surface area contributed by atoms with Gasteiger partial charge in [-0.3, -0.25) is 0 Å². The van der Waals surface area contributed by atoms with Gasteiger partial charge in [0.05, 0.1) is 6.54 Å². The van der Waals surface area contributed by atoms with Crippen molar-refractivity contribution in [3.05, 3.63) is 59.2 Å². The molecule has 2 rings (SSSR count). The van der Waals surface area contributed by atoms with E-state index in [1.807, 2.05) is 32.0 Å². The van der Waals surface area contributed by atoms with Crippen LogP contribution in [0.25, 0.3) is 0 Å². The lowest BCUT2D eigenvalue weighted by Gasteiger charge is -2.11. The largest absolute Gasteiger partial charge is 0.491 e. The summed E-state index contributed by atoms with van der Waals surface area (Å²) in [4.78, 5) is 11.6. The van der Waals surface area contributed by atoms with E-state index in [4.69, 9.17) is 4.74 Å². The minimum absolute atomic E-state index is 0.178. The van der Waals surface area contributed by atoms with Gasteiger partial charge in [-0.15, -0.1) is 0 Å². The molecule has 23 heavy (non-hydrogen) atoms. The summed E-state index contributed by atoms with van der Waals surface area (Å²) in [6.07, 6.45) is 0. The predicted octanol–water partition coefficient (Wildman–Crippen LogP) is 3.78. The van der Waals surface area contributed by atoms with Crippen LogP contribution in [0.3, 0.4) is 0 Å². The number of nitrogens with one attached hydrogen (secondary N) is 2. The molecular formula is C17H18F2N2O2. The fourth-order valence-corrected chi connectivity index (χ4v) is 1.94. The van der Waals surface area contributed by atoms with Crippen LogP contribution in [0.5, 0.6) is 5.75 Å². The van der Waals surface area contributed by atoms with E-state index in [1.165, 1.54) is 6.07 Å². The maximum atomic E-state index is 13.0. The van der Waals surface area contributed by atoms with Crippen molar-refractivity contribution < 1.29 is 18.3 Å². The Hall–Kier alpha value is -2.63. The van der Waals surface area contributed by atoms with E-state index in [-0.39, 0.29) is 12.2 Å². The Morgan fingerprint density at radius 3 is 2.61 bits per heavy atom. The first-order valence-electron chi connectivity index (χ1n) is 7.15. The van der Waals surface area contributed by atoms with Gasteiger partial charge >= 0.3 is 6.03 Å². The van der Waals surface area contributed by atoms with Gasteiger partial charge in [0.15, 0.2) is 11.6 Å². The molecule has 0 fully saturated rings. The molecule has 0 aliphatic heterocycles. The lowest BCUT2D eigenvalue weighted by Crippen LogP contribution is -2.32. The second-order valence-corrected chi connectivity index (χ2v) is 5.13. The summed E-state index contributed by atoms with van der Waals surface area (Å²) in [6, 6.07) is 8.53. The quantitative estimate of drug-likeness (QED) is 0.824. The summed E-state index contributed by atoms with van der Waals surface area (Å²) in [7, 11) is 0. The monoisotopic (exact) mass is 320 g/mol. The molecule has 122 valence electrons. The molecule has 4 nitrogen and oxygen atoms in total. The Labute approximate surface area is 133 Å². The number of amides is 2. The Morgan fingerprint density at radius 1 is 1.09 bits per heavy atom. The van der Waals surface area contributed by atoms with Gasteiger partial charge in [-0.2, -0.15) is 0 Å². The number of aryl methyl sites for hydroxylation is 2.